The van der Waals surface area contributed by atoms with Crippen molar-refractivity contribution in [3.63, 3.8) is 0 Å². The van der Waals surface area contributed by atoms with Gasteiger partial charge in [-0.25, -0.2) is 4.57 Å². The molecule has 11 nitrogen and oxygen atoms in total. The van der Waals surface area contributed by atoms with Gasteiger partial charge in [0, 0.05) is 19.4 Å². The first kappa shape index (κ1) is 54.1. The number of rotatable bonds is 38. The largest absolute Gasteiger partial charge is 0.472 e. The van der Waals surface area contributed by atoms with Gasteiger partial charge in [-0.15, -0.1) is 0 Å². The highest BCUT2D eigenvalue weighted by Gasteiger charge is 2.26. The van der Waals surface area contributed by atoms with Gasteiger partial charge >= 0.3 is 19.8 Å². The molecule has 326 valence electrons. The normalized spacial score (nSPS) is 15.3. The van der Waals surface area contributed by atoms with E-state index in [9.17, 15) is 29.3 Å². The van der Waals surface area contributed by atoms with Gasteiger partial charge in [0.1, 0.15) is 6.61 Å². The predicted molar refractivity (Wildman–Crippen MR) is 231 cm³/mol. The summed E-state index contributed by atoms with van der Waals surface area (Å²) < 4.78 is 32.5. The zero-order valence-corrected chi connectivity index (χ0v) is 35.9. The third-order valence-electron chi connectivity index (χ3n) is 8.45. The average Bonchev–Trinajstić information content (AvgIpc) is 3.19. The van der Waals surface area contributed by atoms with E-state index in [0.717, 1.165) is 44.9 Å². The van der Waals surface area contributed by atoms with E-state index >= 15 is 0 Å². The molecule has 12 heteroatoms. The molecule has 0 spiro atoms. The minimum absolute atomic E-state index is 0.000966. The van der Waals surface area contributed by atoms with E-state index in [1.165, 1.54) is 38.5 Å². The van der Waals surface area contributed by atoms with E-state index < -0.39 is 51.3 Å². The molecular weight excluding hydrogens is 745 g/mol. The molecule has 0 saturated carbocycles. The van der Waals surface area contributed by atoms with E-state index in [0.29, 0.717) is 12.8 Å². The van der Waals surface area contributed by atoms with Crippen molar-refractivity contribution in [1.29, 1.82) is 0 Å². The van der Waals surface area contributed by atoms with Crippen LogP contribution in [0.5, 0.6) is 0 Å². The Bertz CT molecular complexity index is 1240. The van der Waals surface area contributed by atoms with Gasteiger partial charge in [0.15, 0.2) is 6.10 Å². The maximum atomic E-state index is 12.6. The highest BCUT2D eigenvalue weighted by atomic mass is 31.2. The predicted octanol–water partition coefficient (Wildman–Crippen LogP) is 9.99. The molecule has 0 aliphatic rings. The first-order valence-corrected chi connectivity index (χ1v) is 22.7. The summed E-state index contributed by atoms with van der Waals surface area (Å²) in [7, 11) is -4.47. The van der Waals surface area contributed by atoms with E-state index in [1.807, 2.05) is 24.3 Å². The summed E-state index contributed by atoms with van der Waals surface area (Å²) >= 11 is 0. The summed E-state index contributed by atoms with van der Waals surface area (Å²) in [5, 5.41) is 20.6. The second-order valence-corrected chi connectivity index (χ2v) is 15.3. The second kappa shape index (κ2) is 39.9. The fourth-order valence-electron chi connectivity index (χ4n) is 5.14. The van der Waals surface area contributed by atoms with Crippen molar-refractivity contribution in [3.8, 4) is 0 Å². The molecule has 0 aromatic carbocycles. The van der Waals surface area contributed by atoms with Crippen LogP contribution in [0.1, 0.15) is 142 Å². The number of ether oxygens (including phenoxy) is 2. The summed E-state index contributed by atoms with van der Waals surface area (Å²) in [5.41, 5.74) is 5.32. The van der Waals surface area contributed by atoms with Crippen molar-refractivity contribution in [3.05, 3.63) is 85.1 Å². The lowest BCUT2D eigenvalue weighted by molar-refractivity contribution is -0.161. The van der Waals surface area contributed by atoms with Crippen molar-refractivity contribution in [2.45, 2.75) is 161 Å². The molecule has 0 bridgehead atoms. The van der Waals surface area contributed by atoms with E-state index in [1.54, 1.807) is 0 Å². The quantitative estimate of drug-likeness (QED) is 0.0202. The molecule has 0 aromatic heterocycles. The van der Waals surface area contributed by atoms with Crippen molar-refractivity contribution < 1.29 is 47.8 Å². The fourth-order valence-corrected chi connectivity index (χ4v) is 5.90. The lowest BCUT2D eigenvalue weighted by Gasteiger charge is -2.20. The number of phosphoric acid groups is 1. The summed E-state index contributed by atoms with van der Waals surface area (Å²) in [5.74, 6) is -1.19. The van der Waals surface area contributed by atoms with Gasteiger partial charge in [-0.2, -0.15) is 0 Å². The molecule has 0 heterocycles. The number of carbonyl (C=O) groups excluding carboxylic acids is 2. The summed E-state index contributed by atoms with van der Waals surface area (Å²) in [6, 6.07) is 0. The Morgan fingerprint density at radius 3 is 1.58 bits per heavy atom. The summed E-state index contributed by atoms with van der Waals surface area (Å²) in [6.45, 7) is 3.25. The molecular formula is C45H76NO10P. The van der Waals surface area contributed by atoms with Crippen LogP contribution in [0.4, 0.5) is 0 Å². The molecule has 4 atom stereocenters. The van der Waals surface area contributed by atoms with E-state index in [-0.39, 0.29) is 45.3 Å². The molecule has 3 unspecified atom stereocenters. The maximum absolute atomic E-state index is 12.6. The van der Waals surface area contributed by atoms with Gasteiger partial charge in [-0.1, -0.05) is 125 Å². The number of hydrogen-bond donors (Lipinski definition) is 4. The van der Waals surface area contributed by atoms with Crippen molar-refractivity contribution in [2.24, 2.45) is 5.73 Å². The molecule has 5 N–H and O–H groups in total. The molecule has 0 aromatic rings. The summed E-state index contributed by atoms with van der Waals surface area (Å²) in [4.78, 5) is 34.9. The lowest BCUT2D eigenvalue weighted by atomic mass is 10.0. The molecule has 0 aliphatic heterocycles. The Hall–Kier alpha value is -2.89. The fraction of sp³-hybridized carbons (Fsp3) is 0.644. The van der Waals surface area contributed by atoms with E-state index in [2.05, 4.69) is 74.6 Å². The van der Waals surface area contributed by atoms with Crippen LogP contribution in [0, 0.1) is 0 Å². The number of unbranched alkanes of at least 4 members (excludes halogenated alkanes) is 7. The average molecular weight is 822 g/mol. The van der Waals surface area contributed by atoms with E-state index in [4.69, 9.17) is 24.3 Å². The minimum atomic E-state index is -4.47. The standard InChI is InChI=1S/C45H76NO10P/c1-3-5-7-9-11-13-15-17-18-19-20-21-23-25-27-29-31-35-45(50)56-41(40-55-57(51,52)54-38-37-46)39-53-44(49)36-32-34-43(48)42(47)33-30-28-26-24-22-16-14-12-10-8-6-4-2/h11-14,17-18,20-22,24-25,27-28,30,41-43,47-48H,3-10,15-16,19,23,26,29,31-40,46H2,1-2H3,(H,51,52)/b13-11-,14-12-,18-17-,21-20-,24-22-,27-25-,30-28-/t41-,42?,43?/m1/s1. The Morgan fingerprint density at radius 2 is 1.07 bits per heavy atom. The smallest absolute Gasteiger partial charge is 0.462 e. The van der Waals surface area contributed by atoms with Gasteiger partial charge in [0.2, 0.25) is 0 Å². The monoisotopic (exact) mass is 822 g/mol. The van der Waals surface area contributed by atoms with Crippen LogP contribution < -0.4 is 5.73 Å². The van der Waals surface area contributed by atoms with Crippen LogP contribution in [-0.2, 0) is 32.7 Å². The number of aliphatic hydroxyl groups is 2. The second-order valence-electron chi connectivity index (χ2n) is 13.8. The van der Waals surface area contributed by atoms with Crippen LogP contribution in [0.15, 0.2) is 85.1 Å². The van der Waals surface area contributed by atoms with Crippen LogP contribution in [0.3, 0.4) is 0 Å². The highest BCUT2D eigenvalue weighted by molar-refractivity contribution is 7.47. The Morgan fingerprint density at radius 1 is 0.596 bits per heavy atom. The first-order chi connectivity index (χ1) is 27.6. The first-order valence-electron chi connectivity index (χ1n) is 21.2. The number of esters is 2. The van der Waals surface area contributed by atoms with Gasteiger partial charge in [0.05, 0.1) is 25.4 Å². The lowest BCUT2D eigenvalue weighted by Crippen LogP contribution is -2.30. The third-order valence-corrected chi connectivity index (χ3v) is 9.44. The minimum Gasteiger partial charge on any atom is -0.462 e. The zero-order valence-electron chi connectivity index (χ0n) is 35.0. The Kier molecular flexibility index (Phi) is 37.9. The van der Waals surface area contributed by atoms with Crippen molar-refractivity contribution >= 4 is 19.8 Å². The highest BCUT2D eigenvalue weighted by Crippen LogP contribution is 2.43. The van der Waals surface area contributed by atoms with Crippen LogP contribution in [0.2, 0.25) is 0 Å². The number of phosphoric ester groups is 1. The maximum Gasteiger partial charge on any atom is 0.472 e. The molecule has 0 rings (SSSR count). The third kappa shape index (κ3) is 38.4. The number of allylic oxidation sites excluding steroid dienone is 13. The number of carbonyl (C=O) groups is 2. The number of nitrogens with two attached hydrogens (primary N) is 1. The number of hydrogen-bond acceptors (Lipinski definition) is 10. The molecule has 0 aliphatic carbocycles. The van der Waals surface area contributed by atoms with Gasteiger partial charge in [-0.3, -0.25) is 18.6 Å². The molecule has 0 saturated heterocycles. The van der Waals surface area contributed by atoms with Crippen LogP contribution >= 0.6 is 7.82 Å². The molecule has 0 amide bonds. The molecule has 0 radical (unpaired) electrons. The Balaban J connectivity index is 4.53. The van der Waals surface area contributed by atoms with Crippen molar-refractivity contribution in [2.75, 3.05) is 26.4 Å². The topological polar surface area (TPSA) is 175 Å². The van der Waals surface area contributed by atoms with Crippen LogP contribution in [0.25, 0.3) is 0 Å². The van der Waals surface area contributed by atoms with Gasteiger partial charge in [0.25, 0.3) is 0 Å². The molecule has 0 fully saturated rings. The number of aliphatic hydroxyl groups excluding tert-OH is 2. The molecule has 57 heavy (non-hydrogen) atoms. The SMILES string of the molecule is CCCCC/C=C\C/C=C\C/C=C\C/C=C\CCCC(=O)O[C@H](COC(=O)CCCC(O)C(O)C/C=C\C/C=C\C/C=C\CCCCC)COP(=O)(O)OCCN. The van der Waals surface area contributed by atoms with Crippen molar-refractivity contribution in [1.82, 2.24) is 0 Å². The Labute approximate surface area is 344 Å². The van der Waals surface area contributed by atoms with Gasteiger partial charge in [-0.05, 0) is 89.9 Å². The zero-order chi connectivity index (χ0) is 42.1. The summed E-state index contributed by atoms with van der Waals surface area (Å²) in [6.07, 6.45) is 42.2. The van der Waals surface area contributed by atoms with Crippen LogP contribution in [-0.4, -0.2) is 71.7 Å². The van der Waals surface area contributed by atoms with Gasteiger partial charge < -0.3 is 30.3 Å².